The number of amides is 1. The zero-order chi connectivity index (χ0) is 51.1. The Morgan fingerprint density at radius 3 is 1.42 bits per heavy atom. The predicted molar refractivity (Wildman–Crippen MR) is 268 cm³/mol. The van der Waals surface area contributed by atoms with Gasteiger partial charge in [0.05, 0.1) is 30.2 Å². The van der Waals surface area contributed by atoms with Crippen molar-refractivity contribution < 1.29 is 51.8 Å². The molecule has 1 N–H and O–H groups in total. The van der Waals surface area contributed by atoms with Crippen LogP contribution in [-0.2, 0) is 76.0 Å². The van der Waals surface area contributed by atoms with Gasteiger partial charge in [-0.05, 0) is 94.3 Å². The molecule has 1 amide bonds. The molecule has 3 rings (SSSR count). The number of hydrogen-bond acceptors (Lipinski definition) is 9. The first kappa shape index (κ1) is 67.8. The van der Waals surface area contributed by atoms with Crippen molar-refractivity contribution in [3.05, 3.63) is 42.7 Å². The van der Waals surface area contributed by atoms with Gasteiger partial charge in [0.2, 0.25) is 5.91 Å². The molecule has 3 aromatic rings. The molecular weight excluding hydrogens is 904 g/mol. The molecule has 0 spiro atoms. The van der Waals surface area contributed by atoms with Gasteiger partial charge < -0.3 is 37.4 Å². The Balaban J connectivity index is -0.000000797. The molecule has 0 aromatic carbocycles. The van der Waals surface area contributed by atoms with Crippen LogP contribution in [0, 0.1) is 44.9 Å². The summed E-state index contributed by atoms with van der Waals surface area (Å²) < 4.78 is 16.1. The number of nitrogens with one attached hydrogen (secondary N) is 1. The van der Waals surface area contributed by atoms with Gasteiger partial charge in [-0.1, -0.05) is 131 Å². The molecule has 0 atom stereocenters. The minimum atomic E-state index is -0.392. The number of esters is 1. The third-order valence-corrected chi connectivity index (χ3v) is 8.72. The maximum absolute atomic E-state index is 11.8. The maximum atomic E-state index is 11.8. The first-order valence-corrected chi connectivity index (χ1v) is 23.7. The van der Waals surface area contributed by atoms with Gasteiger partial charge in [-0.25, -0.2) is 0 Å². The topological polar surface area (TPSA) is 144 Å². The summed E-state index contributed by atoms with van der Waals surface area (Å²) in [4.78, 5) is 23.4. The van der Waals surface area contributed by atoms with Crippen molar-refractivity contribution in [3.63, 3.8) is 0 Å². The number of nitrogens with zero attached hydrogens (tertiary/aromatic N) is 8. The molecule has 0 aliphatic heterocycles. The fourth-order valence-electron chi connectivity index (χ4n) is 5.75. The van der Waals surface area contributed by atoms with Gasteiger partial charge in [0, 0.05) is 69.6 Å². The second-order valence-corrected chi connectivity index (χ2v) is 26.2. The van der Waals surface area contributed by atoms with Crippen molar-refractivity contribution in [2.75, 3.05) is 19.8 Å². The smallest absolute Gasteiger partial charge is 0.306 e. The van der Waals surface area contributed by atoms with Gasteiger partial charge in [-0.3, -0.25) is 23.6 Å². The second-order valence-electron chi connectivity index (χ2n) is 26.2. The molecule has 0 saturated heterocycles. The number of carbonyl (C=O) groups excluding carboxylic acids is 2. The van der Waals surface area contributed by atoms with Crippen molar-refractivity contribution >= 4 is 11.9 Å². The quantitative estimate of drug-likeness (QED) is 0.106. The Bertz CT molecular complexity index is 1590. The summed E-state index contributed by atoms with van der Waals surface area (Å²) in [6.45, 7) is 54.6. The van der Waals surface area contributed by atoms with E-state index >= 15 is 0 Å². The summed E-state index contributed by atoms with van der Waals surface area (Å²) in [5, 5.41) is 21.8. The van der Waals surface area contributed by atoms with Crippen LogP contribution >= 0.6 is 0 Å². The molecule has 0 saturated carbocycles. The van der Waals surface area contributed by atoms with E-state index in [2.05, 4.69) is 168 Å². The minimum absolute atomic E-state index is 0. The van der Waals surface area contributed by atoms with Crippen molar-refractivity contribution in [3.8, 4) is 0 Å². The number of rotatable bonds is 12. The number of unbranched alkanes of at least 4 members (excludes halogenated alkanes) is 1. The van der Waals surface area contributed by atoms with Gasteiger partial charge in [0.15, 0.2) is 0 Å². The van der Waals surface area contributed by atoms with E-state index in [1.165, 1.54) is 25.7 Å². The number of hydrogen-bond donors (Lipinski definition) is 1. The summed E-state index contributed by atoms with van der Waals surface area (Å²) in [6.07, 6.45) is 18.9. The molecule has 3 aromatic heterocycles. The summed E-state index contributed by atoms with van der Waals surface area (Å²) in [7, 11) is 0. The van der Waals surface area contributed by atoms with E-state index in [0.29, 0.717) is 41.2 Å². The zero-order valence-corrected chi connectivity index (χ0v) is 49.7. The van der Waals surface area contributed by atoms with Gasteiger partial charge in [0.1, 0.15) is 6.61 Å². The Hall–Kier alpha value is -2.51. The SMILES string of the molecule is CC(C)(C)CC(=O)OCc1cnn(CCNC(=O)C(C)(C)C)c1.CC(C)(C)CC(C)(C)C.CC(C)(C)CCCCOCCC(C)(C)C.CC(C)(C)n1c[c-]nn1.CC(C)(C)n1c[c-]nn1.[Y]. The van der Waals surface area contributed by atoms with Gasteiger partial charge in [-0.15, -0.1) is 22.8 Å². The predicted octanol–water partition coefficient (Wildman–Crippen LogP) is 12.3. The van der Waals surface area contributed by atoms with Gasteiger partial charge in [0.25, 0.3) is 0 Å². The molecule has 0 aliphatic carbocycles. The number of carbonyl (C=O) groups is 2. The first-order valence-electron chi connectivity index (χ1n) is 23.7. The number of ether oxygens (including phenoxy) is 2. The van der Waals surface area contributed by atoms with Crippen LogP contribution in [0.2, 0.25) is 0 Å². The molecule has 0 aliphatic rings. The molecular formula is C52H99N9O4Y-2. The second kappa shape index (κ2) is 30.2. The van der Waals surface area contributed by atoms with Crippen LogP contribution in [0.25, 0.3) is 0 Å². The first-order chi connectivity index (χ1) is 29.1. The normalized spacial score (nSPS) is 12.4. The molecule has 13 nitrogen and oxygen atoms in total. The molecule has 66 heavy (non-hydrogen) atoms. The van der Waals surface area contributed by atoms with Crippen molar-refractivity contribution in [1.82, 2.24) is 45.1 Å². The van der Waals surface area contributed by atoms with Crippen LogP contribution in [0.3, 0.4) is 0 Å². The van der Waals surface area contributed by atoms with E-state index in [4.69, 9.17) is 9.47 Å². The van der Waals surface area contributed by atoms with E-state index in [-0.39, 0.29) is 67.7 Å². The van der Waals surface area contributed by atoms with Crippen LogP contribution in [0.15, 0.2) is 24.8 Å². The van der Waals surface area contributed by atoms with Crippen molar-refractivity contribution in [2.45, 2.75) is 229 Å². The fraction of sp³-hybridized carbons (Fsp3) is 0.827. The molecule has 0 unspecified atom stereocenters. The van der Waals surface area contributed by atoms with E-state index < -0.39 is 5.41 Å². The number of aromatic nitrogens is 8. The van der Waals surface area contributed by atoms with E-state index in [0.717, 1.165) is 25.2 Å². The van der Waals surface area contributed by atoms with Gasteiger partial charge in [-0.2, -0.15) is 5.10 Å². The molecule has 0 fully saturated rings. The fourth-order valence-corrected chi connectivity index (χ4v) is 5.75. The average molecular weight is 1000 g/mol. The molecule has 381 valence electrons. The Kier molecular flexibility index (Phi) is 31.0. The standard InChI is InChI=1S/C17H29N3O3.C14H30O.C9H20.2C6H10N3.Y/c1-16(2,3)9-14(21)23-12-13-10-19-20(11-13)8-7-18-15(22)17(4,5)6;1-13(2,3)9-7-8-11-15-12-10-14(4,5)6;1-8(2,3)7-9(4,5)6;2*1-6(2,3)9-5-4-7-8-9;/h10-11H,7-9,12H2,1-6H3,(H,18,22);7-12H2,1-6H3;7H2,1-6H3;2*5H,1-3H3;/q;;;2*-1;. The molecule has 0 bridgehead atoms. The third-order valence-electron chi connectivity index (χ3n) is 8.72. The van der Waals surface area contributed by atoms with Gasteiger partial charge >= 0.3 is 5.97 Å². The van der Waals surface area contributed by atoms with E-state index in [1.54, 1.807) is 32.6 Å². The summed E-state index contributed by atoms with van der Waals surface area (Å²) in [5.74, 6) is -0.191. The largest absolute Gasteiger partial charge is 0.461 e. The molecule has 3 heterocycles. The Labute approximate surface area is 430 Å². The average Bonchev–Trinajstić information content (AvgIpc) is 3.88. The monoisotopic (exact) mass is 1000 g/mol. The van der Waals surface area contributed by atoms with Crippen LogP contribution in [0.4, 0.5) is 0 Å². The zero-order valence-electron chi connectivity index (χ0n) is 46.9. The summed E-state index contributed by atoms with van der Waals surface area (Å²) >= 11 is 0. The van der Waals surface area contributed by atoms with Crippen LogP contribution in [-0.4, -0.2) is 71.4 Å². The van der Waals surface area contributed by atoms with Crippen LogP contribution in [0.1, 0.15) is 210 Å². The van der Waals surface area contributed by atoms with Crippen molar-refractivity contribution in [1.29, 1.82) is 0 Å². The van der Waals surface area contributed by atoms with Crippen LogP contribution < -0.4 is 5.32 Å². The molecule has 14 heteroatoms. The van der Waals surface area contributed by atoms with Crippen molar-refractivity contribution in [2.24, 2.45) is 32.5 Å². The van der Waals surface area contributed by atoms with Crippen LogP contribution in [0.5, 0.6) is 0 Å². The Morgan fingerprint density at radius 1 is 0.621 bits per heavy atom. The van der Waals surface area contributed by atoms with E-state index in [1.807, 2.05) is 47.7 Å². The Morgan fingerprint density at radius 2 is 1.09 bits per heavy atom. The van der Waals surface area contributed by atoms with E-state index in [9.17, 15) is 9.59 Å². The molecule has 1 radical (unpaired) electrons. The summed E-state index contributed by atoms with van der Waals surface area (Å²) in [5.41, 5.74) is 2.30. The summed E-state index contributed by atoms with van der Waals surface area (Å²) in [6, 6.07) is 0. The minimum Gasteiger partial charge on any atom is -0.461 e. The maximum Gasteiger partial charge on any atom is 0.306 e. The third kappa shape index (κ3) is 42.8.